The van der Waals surface area contributed by atoms with Gasteiger partial charge in [0.15, 0.2) is 0 Å². The van der Waals surface area contributed by atoms with Crippen molar-refractivity contribution in [3.63, 3.8) is 0 Å². The first-order valence-electron chi connectivity index (χ1n) is 5.09. The molecular formula is C10H9ClFN3O3. The fourth-order valence-electron chi connectivity index (χ4n) is 1.91. The second-order valence-corrected chi connectivity index (χ2v) is 4.39. The Hall–Kier alpha value is -1.73. The van der Waals surface area contributed by atoms with Gasteiger partial charge < -0.3 is 10.6 Å². The molecule has 0 saturated carbocycles. The molecular weight excluding hydrogens is 265 g/mol. The van der Waals surface area contributed by atoms with E-state index in [9.17, 15) is 19.3 Å². The number of nitro benzene ring substituents is 1. The Bertz CT molecular complexity index is 537. The quantitative estimate of drug-likeness (QED) is 0.652. The van der Waals surface area contributed by atoms with E-state index >= 15 is 0 Å². The first-order chi connectivity index (χ1) is 8.40. The molecule has 1 fully saturated rings. The molecule has 2 N–H and O–H groups in total. The molecule has 1 aliphatic rings. The summed E-state index contributed by atoms with van der Waals surface area (Å²) in [5.74, 6) is -1.19. The molecule has 1 atom stereocenters. The van der Waals surface area contributed by atoms with E-state index in [1.807, 2.05) is 0 Å². The van der Waals surface area contributed by atoms with Gasteiger partial charge in [-0.3, -0.25) is 14.9 Å². The lowest BCUT2D eigenvalue weighted by Gasteiger charge is -2.17. The molecule has 0 aliphatic carbocycles. The highest BCUT2D eigenvalue weighted by Gasteiger charge is 2.34. The number of nitrogens with two attached hydrogens (primary N) is 1. The average molecular weight is 274 g/mol. The number of carbonyl (C=O) groups excluding carboxylic acids is 1. The van der Waals surface area contributed by atoms with Gasteiger partial charge in [0.2, 0.25) is 5.91 Å². The molecule has 1 saturated heterocycles. The van der Waals surface area contributed by atoms with E-state index in [1.54, 1.807) is 0 Å². The number of hydrogen-bond donors (Lipinski definition) is 1. The molecule has 18 heavy (non-hydrogen) atoms. The average Bonchev–Trinajstić information content (AvgIpc) is 2.56. The zero-order valence-corrected chi connectivity index (χ0v) is 9.85. The normalized spacial score (nSPS) is 19.4. The molecule has 1 aromatic carbocycles. The first-order valence-corrected chi connectivity index (χ1v) is 5.47. The fourth-order valence-corrected chi connectivity index (χ4v) is 2.21. The van der Waals surface area contributed by atoms with Crippen LogP contribution in [0.25, 0.3) is 0 Å². The van der Waals surface area contributed by atoms with Crippen LogP contribution < -0.4 is 10.6 Å². The predicted molar refractivity (Wildman–Crippen MR) is 63.0 cm³/mol. The number of nitro groups is 1. The molecule has 1 aliphatic heterocycles. The topological polar surface area (TPSA) is 89.5 Å². The van der Waals surface area contributed by atoms with E-state index in [4.69, 9.17) is 17.3 Å². The highest BCUT2D eigenvalue weighted by Crippen LogP contribution is 2.38. The van der Waals surface area contributed by atoms with Crippen molar-refractivity contribution in [2.24, 2.45) is 5.73 Å². The van der Waals surface area contributed by atoms with Crippen molar-refractivity contribution in [1.29, 1.82) is 0 Å². The van der Waals surface area contributed by atoms with Gasteiger partial charge in [0.1, 0.15) is 11.5 Å². The molecule has 6 nitrogen and oxygen atoms in total. The third-order valence-corrected chi connectivity index (χ3v) is 2.92. The molecule has 0 aromatic heterocycles. The Morgan fingerprint density at radius 2 is 2.22 bits per heavy atom. The summed E-state index contributed by atoms with van der Waals surface area (Å²) in [5.41, 5.74) is 4.97. The second kappa shape index (κ2) is 4.51. The van der Waals surface area contributed by atoms with Gasteiger partial charge >= 0.3 is 0 Å². The highest BCUT2D eigenvalue weighted by molar-refractivity contribution is 6.34. The summed E-state index contributed by atoms with van der Waals surface area (Å²) in [6, 6.07) is 1.26. The first kappa shape index (κ1) is 12.7. The molecule has 1 heterocycles. The largest absolute Gasteiger partial charge is 0.326 e. The van der Waals surface area contributed by atoms with Crippen LogP contribution in [0.3, 0.4) is 0 Å². The van der Waals surface area contributed by atoms with Gasteiger partial charge in [0.25, 0.3) is 5.69 Å². The van der Waals surface area contributed by atoms with Crippen molar-refractivity contribution in [2.45, 2.75) is 12.5 Å². The maximum atomic E-state index is 13.1. The highest BCUT2D eigenvalue weighted by atomic mass is 35.5. The summed E-state index contributed by atoms with van der Waals surface area (Å²) in [6.45, 7) is 0.130. The van der Waals surface area contributed by atoms with Crippen LogP contribution in [0.1, 0.15) is 6.42 Å². The number of halogens is 2. The number of nitrogens with zero attached hydrogens (tertiary/aromatic N) is 2. The van der Waals surface area contributed by atoms with Crippen LogP contribution in [-0.4, -0.2) is 23.4 Å². The minimum atomic E-state index is -0.827. The van der Waals surface area contributed by atoms with Gasteiger partial charge in [-0.1, -0.05) is 11.6 Å². The lowest BCUT2D eigenvalue weighted by Crippen LogP contribution is -2.28. The molecule has 8 heteroatoms. The third kappa shape index (κ3) is 2.14. The van der Waals surface area contributed by atoms with E-state index in [0.29, 0.717) is 0 Å². The van der Waals surface area contributed by atoms with Gasteiger partial charge in [-0.2, -0.15) is 0 Å². The van der Waals surface area contributed by atoms with Crippen LogP contribution >= 0.6 is 11.6 Å². The molecule has 2 rings (SSSR count). The number of anilines is 1. The lowest BCUT2D eigenvalue weighted by atomic mass is 10.2. The SMILES string of the molecule is NC1CC(=O)N(c2c(Cl)cc(F)cc2[N+](=O)[O-])C1. The Morgan fingerprint density at radius 3 is 2.72 bits per heavy atom. The molecule has 1 amide bonds. The predicted octanol–water partition coefficient (Wildman–Crippen LogP) is 1.45. The molecule has 0 spiro atoms. The van der Waals surface area contributed by atoms with Crippen molar-refractivity contribution in [3.05, 3.63) is 33.1 Å². The van der Waals surface area contributed by atoms with Gasteiger partial charge in [-0.25, -0.2) is 4.39 Å². The van der Waals surface area contributed by atoms with Crippen LogP contribution in [0, 0.1) is 15.9 Å². The van der Waals surface area contributed by atoms with E-state index in [0.717, 1.165) is 17.0 Å². The van der Waals surface area contributed by atoms with E-state index in [1.165, 1.54) is 0 Å². The zero-order valence-electron chi connectivity index (χ0n) is 9.10. The van der Waals surface area contributed by atoms with Gasteiger partial charge in [0.05, 0.1) is 16.0 Å². The van der Waals surface area contributed by atoms with Crippen LogP contribution in [0.2, 0.25) is 5.02 Å². The molecule has 0 radical (unpaired) electrons. The minimum absolute atomic E-state index is 0.0882. The van der Waals surface area contributed by atoms with Crippen molar-refractivity contribution in [3.8, 4) is 0 Å². The van der Waals surface area contributed by atoms with Crippen LogP contribution in [0.15, 0.2) is 12.1 Å². The van der Waals surface area contributed by atoms with Crippen molar-refractivity contribution >= 4 is 28.9 Å². The fraction of sp³-hybridized carbons (Fsp3) is 0.300. The van der Waals surface area contributed by atoms with Gasteiger partial charge in [-0.05, 0) is 6.07 Å². The Kier molecular flexibility index (Phi) is 3.18. The molecule has 0 bridgehead atoms. The Balaban J connectivity index is 2.56. The van der Waals surface area contributed by atoms with E-state index in [-0.39, 0.29) is 29.6 Å². The summed E-state index contributed by atoms with van der Waals surface area (Å²) < 4.78 is 13.1. The number of hydrogen-bond acceptors (Lipinski definition) is 4. The van der Waals surface area contributed by atoms with Crippen molar-refractivity contribution < 1.29 is 14.1 Å². The van der Waals surface area contributed by atoms with Crippen molar-refractivity contribution in [1.82, 2.24) is 0 Å². The van der Waals surface area contributed by atoms with E-state index < -0.39 is 22.5 Å². The third-order valence-electron chi connectivity index (χ3n) is 2.63. The molecule has 96 valence electrons. The summed E-state index contributed by atoms with van der Waals surface area (Å²) in [7, 11) is 0. The maximum Gasteiger partial charge on any atom is 0.297 e. The lowest BCUT2D eigenvalue weighted by molar-refractivity contribution is -0.384. The van der Waals surface area contributed by atoms with Crippen LogP contribution in [0.4, 0.5) is 15.8 Å². The summed E-state index contributed by atoms with van der Waals surface area (Å²) in [6.07, 6.45) is 0.0882. The minimum Gasteiger partial charge on any atom is -0.326 e. The van der Waals surface area contributed by atoms with Crippen LogP contribution in [0.5, 0.6) is 0 Å². The van der Waals surface area contributed by atoms with E-state index in [2.05, 4.69) is 0 Å². The summed E-state index contributed by atoms with van der Waals surface area (Å²) >= 11 is 5.79. The number of benzene rings is 1. The standard InChI is InChI=1S/C10H9ClFN3O3/c11-7-1-5(12)2-8(15(17)18)10(7)14-4-6(13)3-9(14)16/h1-2,6H,3-4,13H2. The molecule has 1 aromatic rings. The monoisotopic (exact) mass is 273 g/mol. The zero-order chi connectivity index (χ0) is 13.4. The molecule has 1 unspecified atom stereocenters. The van der Waals surface area contributed by atoms with Gasteiger partial charge in [-0.15, -0.1) is 0 Å². The summed E-state index contributed by atoms with van der Waals surface area (Å²) in [4.78, 5) is 22.9. The Labute approximate surface area is 106 Å². The smallest absolute Gasteiger partial charge is 0.297 e. The number of amides is 1. The van der Waals surface area contributed by atoms with Crippen molar-refractivity contribution in [2.75, 3.05) is 11.4 Å². The Morgan fingerprint density at radius 1 is 1.56 bits per heavy atom. The second-order valence-electron chi connectivity index (χ2n) is 3.98. The number of carbonyl (C=O) groups is 1. The summed E-state index contributed by atoms with van der Waals surface area (Å²) in [5, 5.41) is 10.7. The number of rotatable bonds is 2. The van der Waals surface area contributed by atoms with Crippen LogP contribution in [-0.2, 0) is 4.79 Å². The maximum absolute atomic E-state index is 13.1. The van der Waals surface area contributed by atoms with Gasteiger partial charge in [0, 0.05) is 19.0 Å².